The first-order valence-corrected chi connectivity index (χ1v) is 11.4. The fourth-order valence-electron chi connectivity index (χ4n) is 3.21. The summed E-state index contributed by atoms with van der Waals surface area (Å²) < 4.78 is 24.3. The zero-order chi connectivity index (χ0) is 18.4. The van der Waals surface area contributed by atoms with Crippen LogP contribution in [0.5, 0.6) is 0 Å². The zero-order valence-corrected chi connectivity index (χ0v) is 17.2. The summed E-state index contributed by atoms with van der Waals surface area (Å²) in [5, 5.41) is 0. The van der Waals surface area contributed by atoms with Crippen LogP contribution in [0.2, 0.25) is 0 Å². The average molecular weight is 389 g/mol. The third-order valence-electron chi connectivity index (χ3n) is 4.55. The van der Waals surface area contributed by atoms with Gasteiger partial charge in [-0.3, -0.25) is 0 Å². The second kappa shape index (κ2) is 9.14. The van der Waals surface area contributed by atoms with Gasteiger partial charge in [0.25, 0.3) is 0 Å². The van der Waals surface area contributed by atoms with E-state index in [1.165, 1.54) is 0 Å². The first-order chi connectivity index (χ1) is 12.7. The standard InChI is InChI=1S/C21H26O3PS/c1-3-5-15-23-25(22)24-21(26-16-6-4-2)19-13-9-7-11-17(19)18-12-8-10-14-20(18)21/h7-14H,3-6,15-16H2,1-2H3/q+1. The predicted molar refractivity (Wildman–Crippen MR) is 110 cm³/mol. The van der Waals surface area contributed by atoms with Gasteiger partial charge < -0.3 is 0 Å². The maximum Gasteiger partial charge on any atom is 0.699 e. The lowest BCUT2D eigenvalue weighted by Crippen LogP contribution is -2.23. The molecule has 0 saturated carbocycles. The molecule has 1 aliphatic rings. The Labute approximate surface area is 161 Å². The Kier molecular flexibility index (Phi) is 6.88. The smallest absolute Gasteiger partial charge is 0.119 e. The number of unbranched alkanes of at least 4 members (excludes halogenated alkanes) is 2. The van der Waals surface area contributed by atoms with Gasteiger partial charge >= 0.3 is 8.25 Å². The monoisotopic (exact) mass is 389 g/mol. The quantitative estimate of drug-likeness (QED) is 0.252. The van der Waals surface area contributed by atoms with E-state index in [4.69, 9.17) is 9.05 Å². The van der Waals surface area contributed by atoms with Crippen molar-refractivity contribution in [1.29, 1.82) is 0 Å². The molecule has 1 atom stereocenters. The van der Waals surface area contributed by atoms with E-state index in [1.54, 1.807) is 11.8 Å². The van der Waals surface area contributed by atoms with Crippen LogP contribution in [0.3, 0.4) is 0 Å². The van der Waals surface area contributed by atoms with E-state index in [0.717, 1.165) is 53.7 Å². The summed E-state index contributed by atoms with van der Waals surface area (Å²) >= 11 is 1.72. The van der Waals surface area contributed by atoms with Crippen molar-refractivity contribution in [3.8, 4) is 11.1 Å². The van der Waals surface area contributed by atoms with E-state index in [0.29, 0.717) is 6.61 Å². The molecular weight excluding hydrogens is 363 g/mol. The number of thioether (sulfide) groups is 1. The van der Waals surface area contributed by atoms with Crippen LogP contribution in [-0.4, -0.2) is 12.4 Å². The summed E-state index contributed by atoms with van der Waals surface area (Å²) in [6.07, 6.45) is 4.10. The van der Waals surface area contributed by atoms with Crippen LogP contribution in [0, 0.1) is 0 Å². The molecule has 3 nitrogen and oxygen atoms in total. The van der Waals surface area contributed by atoms with Crippen molar-refractivity contribution in [3.05, 3.63) is 59.7 Å². The predicted octanol–water partition coefficient (Wildman–Crippen LogP) is 6.89. The molecule has 0 fully saturated rings. The third-order valence-corrected chi connectivity index (χ3v) is 6.92. The summed E-state index contributed by atoms with van der Waals surface area (Å²) in [5.74, 6) is 0.942. The Morgan fingerprint density at radius 1 is 0.923 bits per heavy atom. The molecule has 0 spiro atoms. The molecule has 0 aliphatic heterocycles. The van der Waals surface area contributed by atoms with Gasteiger partial charge in [0.15, 0.2) is 0 Å². The fourth-order valence-corrected chi connectivity index (χ4v) is 5.73. The van der Waals surface area contributed by atoms with Crippen LogP contribution >= 0.6 is 20.0 Å². The third kappa shape index (κ3) is 3.89. The van der Waals surface area contributed by atoms with Crippen molar-refractivity contribution >= 4 is 20.0 Å². The molecule has 2 aromatic rings. The molecule has 5 heteroatoms. The molecule has 0 amide bonds. The molecule has 138 valence electrons. The highest BCUT2D eigenvalue weighted by atomic mass is 32.2. The summed E-state index contributed by atoms with van der Waals surface area (Å²) in [7, 11) is -2.19. The topological polar surface area (TPSA) is 35.5 Å². The molecular formula is C21H26O3PS+. The summed E-state index contributed by atoms with van der Waals surface area (Å²) in [5.41, 5.74) is 4.46. The normalized spacial score (nSPS) is 14.8. The highest BCUT2D eigenvalue weighted by molar-refractivity contribution is 8.00. The van der Waals surface area contributed by atoms with Crippen molar-refractivity contribution in [2.24, 2.45) is 0 Å². The molecule has 26 heavy (non-hydrogen) atoms. The van der Waals surface area contributed by atoms with Crippen molar-refractivity contribution in [2.75, 3.05) is 12.4 Å². The van der Waals surface area contributed by atoms with Gasteiger partial charge in [0.1, 0.15) is 6.61 Å². The van der Waals surface area contributed by atoms with E-state index in [2.05, 4.69) is 38.1 Å². The van der Waals surface area contributed by atoms with E-state index < -0.39 is 13.2 Å². The Morgan fingerprint density at radius 3 is 2.08 bits per heavy atom. The molecule has 0 bridgehead atoms. The van der Waals surface area contributed by atoms with Crippen LogP contribution in [0.15, 0.2) is 48.5 Å². The lowest BCUT2D eigenvalue weighted by Gasteiger charge is -2.25. The number of fused-ring (bicyclic) bond motifs is 3. The molecule has 0 radical (unpaired) electrons. The van der Waals surface area contributed by atoms with Crippen LogP contribution in [0.25, 0.3) is 11.1 Å². The number of hydrogen-bond acceptors (Lipinski definition) is 4. The Balaban J connectivity index is 1.98. The molecule has 1 unspecified atom stereocenters. The van der Waals surface area contributed by atoms with Crippen molar-refractivity contribution in [1.82, 2.24) is 0 Å². The molecule has 0 heterocycles. The number of rotatable bonds is 10. The van der Waals surface area contributed by atoms with Crippen molar-refractivity contribution in [3.63, 3.8) is 0 Å². The summed E-state index contributed by atoms with van der Waals surface area (Å²) in [6, 6.07) is 16.5. The van der Waals surface area contributed by atoms with Crippen LogP contribution in [0.1, 0.15) is 50.7 Å². The molecule has 0 saturated heterocycles. The maximum atomic E-state index is 12.6. The van der Waals surface area contributed by atoms with Gasteiger partial charge in [-0.2, -0.15) is 0 Å². The minimum atomic E-state index is -2.19. The molecule has 1 aliphatic carbocycles. The van der Waals surface area contributed by atoms with Crippen LogP contribution < -0.4 is 0 Å². The highest BCUT2D eigenvalue weighted by Crippen LogP contribution is 2.59. The summed E-state index contributed by atoms with van der Waals surface area (Å²) in [4.78, 5) is -0.762. The second-order valence-corrected chi connectivity index (χ2v) is 8.57. The lowest BCUT2D eigenvalue weighted by atomic mass is 10.1. The van der Waals surface area contributed by atoms with Crippen LogP contribution in [0.4, 0.5) is 0 Å². The van der Waals surface area contributed by atoms with E-state index in [9.17, 15) is 4.57 Å². The first kappa shape index (κ1) is 19.6. The fraction of sp³-hybridized carbons (Fsp3) is 0.429. The van der Waals surface area contributed by atoms with E-state index >= 15 is 0 Å². The van der Waals surface area contributed by atoms with Gasteiger partial charge in [0.05, 0.1) is 0 Å². The Bertz CT molecular complexity index is 717. The molecule has 0 aromatic heterocycles. The van der Waals surface area contributed by atoms with E-state index in [1.807, 2.05) is 24.3 Å². The SMILES string of the molecule is CCCCO[P+](=O)OC1(SCCCC)c2ccccc2-c2ccccc21. The molecule has 3 rings (SSSR count). The van der Waals surface area contributed by atoms with Crippen molar-refractivity contribution in [2.45, 2.75) is 44.5 Å². The number of benzene rings is 2. The lowest BCUT2D eigenvalue weighted by molar-refractivity contribution is 0.168. The molecule has 2 aromatic carbocycles. The van der Waals surface area contributed by atoms with Gasteiger partial charge in [-0.15, -0.1) is 16.3 Å². The minimum Gasteiger partial charge on any atom is -0.119 e. The maximum absolute atomic E-state index is 12.6. The average Bonchev–Trinajstić information content (AvgIpc) is 2.93. The van der Waals surface area contributed by atoms with Crippen molar-refractivity contribution < 1.29 is 13.6 Å². The van der Waals surface area contributed by atoms with Gasteiger partial charge in [-0.1, -0.05) is 79.7 Å². The second-order valence-electron chi connectivity index (χ2n) is 6.41. The minimum absolute atomic E-state index is 0.463. The zero-order valence-electron chi connectivity index (χ0n) is 15.4. The van der Waals surface area contributed by atoms with E-state index in [-0.39, 0.29) is 0 Å². The van der Waals surface area contributed by atoms with Gasteiger partial charge in [-0.05, 0) is 29.7 Å². The highest BCUT2D eigenvalue weighted by Gasteiger charge is 2.51. The van der Waals surface area contributed by atoms with Crippen LogP contribution in [-0.2, 0) is 18.5 Å². The summed E-state index contributed by atoms with van der Waals surface area (Å²) in [6.45, 7) is 4.73. The number of hydrogen-bond donors (Lipinski definition) is 0. The Hall–Kier alpha value is -1.19. The Morgan fingerprint density at radius 2 is 1.50 bits per heavy atom. The van der Waals surface area contributed by atoms with Gasteiger partial charge in [0.2, 0.25) is 4.93 Å². The van der Waals surface area contributed by atoms with Gasteiger partial charge in [0, 0.05) is 15.7 Å². The van der Waals surface area contributed by atoms with Gasteiger partial charge in [-0.25, -0.2) is 0 Å². The largest absolute Gasteiger partial charge is 0.699 e. The first-order valence-electron chi connectivity index (χ1n) is 9.35. The molecule has 0 N–H and O–H groups in total.